The van der Waals surface area contributed by atoms with E-state index < -0.39 is 0 Å². The Kier molecular flexibility index (Phi) is 5.64. The summed E-state index contributed by atoms with van der Waals surface area (Å²) >= 11 is 0. The van der Waals surface area contributed by atoms with E-state index >= 15 is 0 Å². The molecule has 3 N–H and O–H groups in total. The number of carbonyl (C=O) groups excluding carboxylic acids is 2. The largest absolute Gasteiger partial charge is 0.386 e. The SMILES string of the molecule is CNc1cc(NC(=O)c2ccc(-c3ccc(F)c(C)c3)nc2)ccc1NC=O. The van der Waals surface area contributed by atoms with Crippen LogP contribution >= 0.6 is 0 Å². The van der Waals surface area contributed by atoms with Crippen molar-refractivity contribution in [3.63, 3.8) is 0 Å². The highest BCUT2D eigenvalue weighted by Crippen LogP contribution is 2.25. The molecule has 6 nitrogen and oxygen atoms in total. The van der Waals surface area contributed by atoms with Gasteiger partial charge in [0.15, 0.2) is 0 Å². The first-order valence-corrected chi connectivity index (χ1v) is 8.57. The number of amides is 2. The Hall–Kier alpha value is -3.74. The van der Waals surface area contributed by atoms with Gasteiger partial charge >= 0.3 is 0 Å². The summed E-state index contributed by atoms with van der Waals surface area (Å²) in [6.07, 6.45) is 2.06. The molecule has 0 aliphatic heterocycles. The van der Waals surface area contributed by atoms with E-state index in [2.05, 4.69) is 20.9 Å². The van der Waals surface area contributed by atoms with Crippen LogP contribution in [0.5, 0.6) is 0 Å². The molecule has 0 spiro atoms. The molecule has 0 bridgehead atoms. The molecular weight excluding hydrogens is 359 g/mol. The molecule has 0 aliphatic carbocycles. The highest BCUT2D eigenvalue weighted by molar-refractivity contribution is 6.04. The van der Waals surface area contributed by atoms with Crippen molar-refractivity contribution < 1.29 is 14.0 Å². The van der Waals surface area contributed by atoms with Crippen molar-refractivity contribution >= 4 is 29.4 Å². The first kappa shape index (κ1) is 19.0. The summed E-state index contributed by atoms with van der Waals surface area (Å²) in [5.41, 5.74) is 4.21. The lowest BCUT2D eigenvalue weighted by Gasteiger charge is -2.11. The fraction of sp³-hybridized carbons (Fsp3) is 0.0952. The maximum Gasteiger partial charge on any atom is 0.257 e. The van der Waals surface area contributed by atoms with Crippen molar-refractivity contribution in [3.8, 4) is 11.3 Å². The van der Waals surface area contributed by atoms with Gasteiger partial charge in [-0.25, -0.2) is 4.39 Å². The van der Waals surface area contributed by atoms with Crippen LogP contribution in [0, 0.1) is 12.7 Å². The van der Waals surface area contributed by atoms with Crippen LogP contribution in [-0.2, 0) is 4.79 Å². The van der Waals surface area contributed by atoms with Crippen LogP contribution in [-0.4, -0.2) is 24.3 Å². The molecule has 2 aromatic carbocycles. The van der Waals surface area contributed by atoms with Gasteiger partial charge in [0, 0.05) is 24.5 Å². The van der Waals surface area contributed by atoms with Gasteiger partial charge in [0.2, 0.25) is 6.41 Å². The molecule has 2 amide bonds. The van der Waals surface area contributed by atoms with Crippen molar-refractivity contribution in [2.45, 2.75) is 6.92 Å². The van der Waals surface area contributed by atoms with Gasteiger partial charge in [-0.15, -0.1) is 0 Å². The minimum atomic E-state index is -0.313. The van der Waals surface area contributed by atoms with Crippen LogP contribution in [0.2, 0.25) is 0 Å². The third-order valence-corrected chi connectivity index (χ3v) is 4.24. The fourth-order valence-corrected chi connectivity index (χ4v) is 2.72. The molecule has 142 valence electrons. The molecule has 0 aliphatic rings. The third kappa shape index (κ3) is 4.15. The first-order chi connectivity index (χ1) is 13.5. The van der Waals surface area contributed by atoms with E-state index in [1.165, 1.54) is 12.3 Å². The van der Waals surface area contributed by atoms with Gasteiger partial charge in [-0.05, 0) is 61.0 Å². The average Bonchev–Trinajstić information content (AvgIpc) is 2.71. The molecule has 1 heterocycles. The quantitative estimate of drug-likeness (QED) is 0.565. The summed E-state index contributed by atoms with van der Waals surface area (Å²) in [6, 6.07) is 13.2. The summed E-state index contributed by atoms with van der Waals surface area (Å²) < 4.78 is 13.4. The van der Waals surface area contributed by atoms with E-state index in [0.717, 1.165) is 5.56 Å². The predicted molar refractivity (Wildman–Crippen MR) is 108 cm³/mol. The van der Waals surface area contributed by atoms with Gasteiger partial charge in [-0.1, -0.05) is 0 Å². The van der Waals surface area contributed by atoms with Crippen molar-refractivity contribution in [3.05, 3.63) is 71.7 Å². The summed E-state index contributed by atoms with van der Waals surface area (Å²) in [4.78, 5) is 27.4. The molecule has 0 saturated heterocycles. The van der Waals surface area contributed by atoms with E-state index in [4.69, 9.17) is 0 Å². The number of benzene rings is 2. The fourth-order valence-electron chi connectivity index (χ4n) is 2.72. The van der Waals surface area contributed by atoms with Crippen molar-refractivity contribution in [1.29, 1.82) is 0 Å². The molecule has 1 aromatic heterocycles. The Labute approximate surface area is 161 Å². The number of carbonyl (C=O) groups is 2. The number of halogens is 1. The minimum Gasteiger partial charge on any atom is -0.386 e. The lowest BCUT2D eigenvalue weighted by Crippen LogP contribution is -2.12. The van der Waals surface area contributed by atoms with Crippen LogP contribution in [0.25, 0.3) is 11.3 Å². The molecular formula is C21H19FN4O2. The maximum atomic E-state index is 13.4. The summed E-state index contributed by atoms with van der Waals surface area (Å²) in [5.74, 6) is -0.581. The third-order valence-electron chi connectivity index (χ3n) is 4.24. The predicted octanol–water partition coefficient (Wildman–Crippen LogP) is 4.06. The molecule has 3 rings (SSSR count). The number of pyridine rings is 1. The summed E-state index contributed by atoms with van der Waals surface area (Å²) in [5, 5.41) is 8.33. The van der Waals surface area contributed by atoms with Gasteiger partial charge < -0.3 is 16.0 Å². The Morgan fingerprint density at radius 3 is 2.54 bits per heavy atom. The van der Waals surface area contributed by atoms with E-state index in [1.807, 2.05) is 0 Å². The molecule has 0 unspecified atom stereocenters. The van der Waals surface area contributed by atoms with Gasteiger partial charge in [-0.3, -0.25) is 14.6 Å². The van der Waals surface area contributed by atoms with Crippen LogP contribution in [0.15, 0.2) is 54.7 Å². The normalized spacial score (nSPS) is 10.2. The van der Waals surface area contributed by atoms with E-state index in [9.17, 15) is 14.0 Å². The number of hydrogen-bond donors (Lipinski definition) is 3. The second-order valence-corrected chi connectivity index (χ2v) is 6.12. The standard InChI is InChI=1S/C21H19FN4O2/c1-13-9-14(3-6-17(13)22)18-7-4-15(11-24-18)21(28)26-16-5-8-19(25-12-27)20(10-16)23-2/h3-12,23H,1-2H3,(H,25,27)(H,26,28). The number of nitrogens with zero attached hydrogens (tertiary/aromatic N) is 1. The van der Waals surface area contributed by atoms with Crippen LogP contribution in [0.1, 0.15) is 15.9 Å². The summed E-state index contributed by atoms with van der Waals surface area (Å²) in [6.45, 7) is 1.69. The van der Waals surface area contributed by atoms with E-state index in [0.29, 0.717) is 40.3 Å². The average molecular weight is 378 g/mol. The molecule has 0 atom stereocenters. The van der Waals surface area contributed by atoms with Crippen molar-refractivity contribution in [2.75, 3.05) is 23.0 Å². The number of aromatic nitrogens is 1. The molecule has 0 saturated carbocycles. The molecule has 7 heteroatoms. The van der Waals surface area contributed by atoms with Gasteiger partial charge in [0.25, 0.3) is 5.91 Å². The summed E-state index contributed by atoms with van der Waals surface area (Å²) in [7, 11) is 1.72. The highest BCUT2D eigenvalue weighted by Gasteiger charge is 2.10. The first-order valence-electron chi connectivity index (χ1n) is 8.57. The second kappa shape index (κ2) is 8.30. The van der Waals surface area contributed by atoms with E-state index in [1.54, 1.807) is 56.4 Å². The van der Waals surface area contributed by atoms with Crippen molar-refractivity contribution in [2.24, 2.45) is 0 Å². The Morgan fingerprint density at radius 2 is 1.89 bits per heavy atom. The van der Waals surface area contributed by atoms with Crippen LogP contribution in [0.3, 0.4) is 0 Å². The molecule has 3 aromatic rings. The van der Waals surface area contributed by atoms with Crippen LogP contribution < -0.4 is 16.0 Å². The smallest absolute Gasteiger partial charge is 0.257 e. The number of hydrogen-bond acceptors (Lipinski definition) is 4. The Bertz CT molecular complexity index is 1020. The van der Waals surface area contributed by atoms with Gasteiger partial charge in [0.05, 0.1) is 22.6 Å². The molecule has 28 heavy (non-hydrogen) atoms. The lowest BCUT2D eigenvalue weighted by molar-refractivity contribution is -0.105. The lowest BCUT2D eigenvalue weighted by atomic mass is 10.1. The number of rotatable bonds is 6. The minimum absolute atomic E-state index is 0.268. The number of aryl methyl sites for hydroxylation is 1. The Balaban J connectivity index is 1.76. The van der Waals surface area contributed by atoms with E-state index in [-0.39, 0.29) is 11.7 Å². The van der Waals surface area contributed by atoms with Crippen molar-refractivity contribution in [1.82, 2.24) is 4.98 Å². The molecule has 0 radical (unpaired) electrons. The maximum absolute atomic E-state index is 13.4. The zero-order chi connectivity index (χ0) is 20.1. The monoisotopic (exact) mass is 378 g/mol. The zero-order valence-corrected chi connectivity index (χ0v) is 15.4. The number of nitrogens with one attached hydrogen (secondary N) is 3. The van der Waals surface area contributed by atoms with Gasteiger partial charge in [-0.2, -0.15) is 0 Å². The molecule has 0 fully saturated rings. The van der Waals surface area contributed by atoms with Crippen LogP contribution in [0.4, 0.5) is 21.5 Å². The zero-order valence-electron chi connectivity index (χ0n) is 15.4. The topological polar surface area (TPSA) is 83.1 Å². The number of anilines is 3. The second-order valence-electron chi connectivity index (χ2n) is 6.12. The van der Waals surface area contributed by atoms with Gasteiger partial charge in [0.1, 0.15) is 5.82 Å². The highest BCUT2D eigenvalue weighted by atomic mass is 19.1. The Morgan fingerprint density at radius 1 is 1.07 bits per heavy atom.